The second-order valence-electron chi connectivity index (χ2n) is 4.62. The van der Waals surface area contributed by atoms with Crippen LogP contribution in [-0.4, -0.2) is 56.5 Å². The molecular formula is C13H22N2O3S. The van der Waals surface area contributed by atoms with Crippen molar-refractivity contribution in [3.05, 3.63) is 24.3 Å². The molecule has 0 fully saturated rings. The maximum absolute atomic E-state index is 12.4. The summed E-state index contributed by atoms with van der Waals surface area (Å²) in [4.78, 5) is 1.99. The summed E-state index contributed by atoms with van der Waals surface area (Å²) in [5, 5.41) is 9.69. The smallest absolute Gasteiger partial charge is 0.246 e. The minimum atomic E-state index is -3.61. The van der Waals surface area contributed by atoms with Crippen LogP contribution in [0.25, 0.3) is 0 Å². The molecule has 0 aliphatic heterocycles. The molecule has 1 N–H and O–H groups in total. The summed E-state index contributed by atoms with van der Waals surface area (Å²) in [5.41, 5.74) is 0. The van der Waals surface area contributed by atoms with Gasteiger partial charge in [0.05, 0.1) is 0 Å². The lowest BCUT2D eigenvalue weighted by molar-refractivity contribution is 0.354. The first-order valence-electron chi connectivity index (χ1n) is 6.32. The van der Waals surface area contributed by atoms with E-state index in [0.29, 0.717) is 13.1 Å². The van der Waals surface area contributed by atoms with Crippen LogP contribution in [0.4, 0.5) is 0 Å². The van der Waals surface area contributed by atoms with Gasteiger partial charge in [-0.15, -0.1) is 0 Å². The fourth-order valence-electron chi connectivity index (χ4n) is 1.83. The molecule has 1 aromatic rings. The monoisotopic (exact) mass is 286 g/mol. The van der Waals surface area contributed by atoms with Crippen LogP contribution in [0.5, 0.6) is 5.75 Å². The lowest BCUT2D eigenvalue weighted by Gasteiger charge is -2.21. The van der Waals surface area contributed by atoms with E-state index >= 15 is 0 Å². The van der Waals surface area contributed by atoms with Gasteiger partial charge in [-0.25, -0.2) is 8.42 Å². The summed E-state index contributed by atoms with van der Waals surface area (Å²) in [6.45, 7) is 3.47. The van der Waals surface area contributed by atoms with Gasteiger partial charge in [0.25, 0.3) is 0 Å². The third-order valence-corrected chi connectivity index (χ3v) is 4.87. The Bertz CT molecular complexity index is 500. The highest BCUT2D eigenvalue weighted by molar-refractivity contribution is 7.89. The summed E-state index contributed by atoms with van der Waals surface area (Å²) in [7, 11) is 0.289. The minimum Gasteiger partial charge on any atom is -0.507 e. The van der Waals surface area contributed by atoms with Crippen LogP contribution < -0.4 is 0 Å². The van der Waals surface area contributed by atoms with E-state index in [0.717, 1.165) is 13.0 Å². The number of para-hydroxylation sites is 1. The molecule has 0 saturated carbocycles. The highest BCUT2D eigenvalue weighted by Gasteiger charge is 2.25. The van der Waals surface area contributed by atoms with Crippen molar-refractivity contribution in [2.24, 2.45) is 0 Å². The molecule has 5 nitrogen and oxygen atoms in total. The van der Waals surface area contributed by atoms with E-state index in [4.69, 9.17) is 0 Å². The number of sulfonamides is 1. The van der Waals surface area contributed by atoms with Crippen molar-refractivity contribution >= 4 is 10.0 Å². The van der Waals surface area contributed by atoms with E-state index in [1.807, 2.05) is 19.0 Å². The number of nitrogens with zero attached hydrogens (tertiary/aromatic N) is 2. The zero-order valence-electron chi connectivity index (χ0n) is 11.7. The highest BCUT2D eigenvalue weighted by Crippen LogP contribution is 2.25. The highest BCUT2D eigenvalue weighted by atomic mass is 32.2. The number of aromatic hydroxyl groups is 1. The summed E-state index contributed by atoms with van der Waals surface area (Å²) in [6, 6.07) is 6.04. The summed E-state index contributed by atoms with van der Waals surface area (Å²) >= 11 is 0. The molecule has 0 heterocycles. The number of phenolic OH excluding ortho intramolecular Hbond substituents is 1. The van der Waals surface area contributed by atoms with Crippen molar-refractivity contribution in [2.45, 2.75) is 18.2 Å². The molecule has 0 unspecified atom stereocenters. The molecule has 19 heavy (non-hydrogen) atoms. The van der Waals surface area contributed by atoms with Gasteiger partial charge in [0.2, 0.25) is 10.0 Å². The van der Waals surface area contributed by atoms with E-state index in [2.05, 4.69) is 0 Å². The molecule has 0 saturated heterocycles. The Morgan fingerprint density at radius 2 is 1.79 bits per heavy atom. The molecular weight excluding hydrogens is 264 g/mol. The van der Waals surface area contributed by atoms with E-state index in [1.165, 1.54) is 16.4 Å². The minimum absolute atomic E-state index is 0.0262. The average molecular weight is 286 g/mol. The molecule has 0 radical (unpaired) electrons. The van der Waals surface area contributed by atoms with Crippen molar-refractivity contribution in [2.75, 3.05) is 33.7 Å². The van der Waals surface area contributed by atoms with Crippen molar-refractivity contribution in [1.82, 2.24) is 9.21 Å². The van der Waals surface area contributed by atoms with E-state index in [-0.39, 0.29) is 10.6 Å². The van der Waals surface area contributed by atoms with Gasteiger partial charge in [0.1, 0.15) is 10.6 Å². The molecule has 0 spiro atoms. The first-order chi connectivity index (χ1) is 8.89. The van der Waals surface area contributed by atoms with Crippen LogP contribution in [0.2, 0.25) is 0 Å². The lowest BCUT2D eigenvalue weighted by atomic mass is 10.3. The molecule has 1 rings (SSSR count). The predicted molar refractivity (Wildman–Crippen MR) is 75.7 cm³/mol. The molecule has 0 atom stereocenters. The molecule has 0 amide bonds. The zero-order valence-corrected chi connectivity index (χ0v) is 12.5. The van der Waals surface area contributed by atoms with Crippen molar-refractivity contribution < 1.29 is 13.5 Å². The number of rotatable bonds is 7. The van der Waals surface area contributed by atoms with E-state index in [9.17, 15) is 13.5 Å². The predicted octanol–water partition coefficient (Wildman–Crippen LogP) is 1.35. The first kappa shape index (κ1) is 15.9. The van der Waals surface area contributed by atoms with Gasteiger partial charge >= 0.3 is 0 Å². The van der Waals surface area contributed by atoms with Gasteiger partial charge in [-0.2, -0.15) is 4.31 Å². The Morgan fingerprint density at radius 1 is 1.16 bits per heavy atom. The Kier molecular flexibility index (Phi) is 5.78. The Labute approximate surface area is 115 Å². The standard InChI is InChI=1S/C13H22N2O3S/c1-4-15(11-7-10-14(2)3)19(17,18)13-9-6-5-8-12(13)16/h5-6,8-9,16H,4,7,10-11H2,1-3H3. The molecule has 0 aromatic heterocycles. The first-order valence-corrected chi connectivity index (χ1v) is 7.76. The van der Waals surface area contributed by atoms with Crippen LogP contribution in [0.1, 0.15) is 13.3 Å². The summed E-state index contributed by atoms with van der Waals surface area (Å²) < 4.78 is 26.2. The molecule has 108 valence electrons. The normalized spacial score (nSPS) is 12.3. The molecule has 0 aliphatic rings. The van der Waals surface area contributed by atoms with Crippen molar-refractivity contribution in [3.8, 4) is 5.75 Å². The van der Waals surface area contributed by atoms with Crippen LogP contribution in [-0.2, 0) is 10.0 Å². The van der Waals surface area contributed by atoms with Crippen molar-refractivity contribution in [3.63, 3.8) is 0 Å². The zero-order chi connectivity index (χ0) is 14.5. The molecule has 0 aliphatic carbocycles. The van der Waals surface area contributed by atoms with Crippen LogP contribution in [0.15, 0.2) is 29.2 Å². The maximum Gasteiger partial charge on any atom is 0.246 e. The van der Waals surface area contributed by atoms with Crippen LogP contribution >= 0.6 is 0 Å². The third-order valence-electron chi connectivity index (χ3n) is 2.85. The van der Waals surface area contributed by atoms with Gasteiger partial charge in [0, 0.05) is 13.1 Å². The number of phenols is 1. The number of hydrogen-bond donors (Lipinski definition) is 1. The molecule has 1 aromatic carbocycles. The average Bonchev–Trinajstić information content (AvgIpc) is 2.34. The van der Waals surface area contributed by atoms with E-state index in [1.54, 1.807) is 19.1 Å². The Hall–Kier alpha value is -1.11. The molecule has 0 bridgehead atoms. The van der Waals surface area contributed by atoms with Gasteiger partial charge in [-0.1, -0.05) is 19.1 Å². The largest absolute Gasteiger partial charge is 0.507 e. The number of benzene rings is 1. The quantitative estimate of drug-likeness (QED) is 0.822. The van der Waals surface area contributed by atoms with Crippen molar-refractivity contribution in [1.29, 1.82) is 0 Å². The summed E-state index contributed by atoms with van der Waals surface area (Å²) in [6.07, 6.45) is 0.758. The van der Waals surface area contributed by atoms with Crippen LogP contribution in [0.3, 0.4) is 0 Å². The second kappa shape index (κ2) is 6.88. The third kappa shape index (κ3) is 4.19. The molecule has 6 heteroatoms. The van der Waals surface area contributed by atoms with Gasteiger partial charge < -0.3 is 10.0 Å². The Balaban J connectivity index is 2.87. The lowest BCUT2D eigenvalue weighted by Crippen LogP contribution is -2.33. The number of hydrogen-bond acceptors (Lipinski definition) is 4. The van der Waals surface area contributed by atoms with Crippen LogP contribution in [0, 0.1) is 0 Å². The summed E-state index contributed by atoms with van der Waals surface area (Å²) in [5.74, 6) is -0.200. The fraction of sp³-hybridized carbons (Fsp3) is 0.538. The van der Waals surface area contributed by atoms with Gasteiger partial charge in [0.15, 0.2) is 0 Å². The van der Waals surface area contributed by atoms with Gasteiger partial charge in [-0.05, 0) is 39.2 Å². The van der Waals surface area contributed by atoms with Gasteiger partial charge in [-0.3, -0.25) is 0 Å². The van der Waals surface area contributed by atoms with E-state index < -0.39 is 10.0 Å². The fourth-order valence-corrected chi connectivity index (χ4v) is 3.40. The maximum atomic E-state index is 12.4. The SMILES string of the molecule is CCN(CCCN(C)C)S(=O)(=O)c1ccccc1O. The Morgan fingerprint density at radius 3 is 2.32 bits per heavy atom. The topological polar surface area (TPSA) is 60.9 Å². The second-order valence-corrected chi connectivity index (χ2v) is 6.53.